The van der Waals surface area contributed by atoms with Crippen molar-refractivity contribution < 1.29 is 4.79 Å². The molecule has 3 rings (SSSR count). The predicted octanol–water partition coefficient (Wildman–Crippen LogP) is 2.63. The summed E-state index contributed by atoms with van der Waals surface area (Å²) >= 11 is 0. The Labute approximate surface area is 88.5 Å². The Morgan fingerprint density at radius 3 is 3.00 bits per heavy atom. The van der Waals surface area contributed by atoms with Gasteiger partial charge in [0.05, 0.1) is 5.52 Å². The highest BCUT2D eigenvalue weighted by Gasteiger charge is 2.15. The molecule has 0 saturated heterocycles. The Kier molecular flexibility index (Phi) is 1.88. The molecule has 0 amide bonds. The van der Waals surface area contributed by atoms with E-state index in [9.17, 15) is 4.79 Å². The number of carbonyl (C=O) groups is 1. The van der Waals surface area contributed by atoms with Crippen molar-refractivity contribution in [1.82, 2.24) is 4.40 Å². The maximum atomic E-state index is 10.9. The highest BCUT2D eigenvalue weighted by molar-refractivity contribution is 5.86. The van der Waals surface area contributed by atoms with Crippen LogP contribution in [0.5, 0.6) is 0 Å². The molecule has 0 bridgehead atoms. The van der Waals surface area contributed by atoms with Crippen LogP contribution in [0.15, 0.2) is 24.4 Å². The molecule has 0 aromatic carbocycles. The van der Waals surface area contributed by atoms with Gasteiger partial charge < -0.3 is 4.40 Å². The summed E-state index contributed by atoms with van der Waals surface area (Å²) in [4.78, 5) is 10.9. The monoisotopic (exact) mass is 199 g/mol. The highest BCUT2D eigenvalue weighted by Crippen LogP contribution is 2.26. The molecule has 0 spiro atoms. The van der Waals surface area contributed by atoms with E-state index in [4.69, 9.17) is 0 Å². The lowest BCUT2D eigenvalue weighted by atomic mass is 9.98. The van der Waals surface area contributed by atoms with E-state index in [1.807, 2.05) is 12.1 Å². The summed E-state index contributed by atoms with van der Waals surface area (Å²) < 4.78 is 2.18. The van der Waals surface area contributed by atoms with E-state index < -0.39 is 0 Å². The number of pyridine rings is 1. The number of nitrogens with zero attached hydrogens (tertiary/aromatic N) is 1. The van der Waals surface area contributed by atoms with Crippen LogP contribution in [0.25, 0.3) is 5.52 Å². The van der Waals surface area contributed by atoms with E-state index in [-0.39, 0.29) is 0 Å². The van der Waals surface area contributed by atoms with Crippen LogP contribution in [-0.4, -0.2) is 10.7 Å². The standard InChI is InChI=1S/C13H13NO/c15-9-11-5-3-7-14-12-6-2-1-4-10(12)8-13(11)14/h3,5,7-9H,1-2,4,6H2. The van der Waals surface area contributed by atoms with Gasteiger partial charge >= 0.3 is 0 Å². The molecule has 76 valence electrons. The Balaban J connectivity index is 2.35. The Morgan fingerprint density at radius 1 is 1.27 bits per heavy atom. The zero-order valence-corrected chi connectivity index (χ0v) is 8.57. The number of aromatic nitrogens is 1. The van der Waals surface area contributed by atoms with Gasteiger partial charge in [0.2, 0.25) is 0 Å². The number of hydrogen-bond acceptors (Lipinski definition) is 1. The summed E-state index contributed by atoms with van der Waals surface area (Å²) in [5.41, 5.74) is 4.70. The molecule has 2 heterocycles. The minimum absolute atomic E-state index is 0.798. The largest absolute Gasteiger partial charge is 0.320 e. The average molecular weight is 199 g/mol. The Bertz CT molecular complexity index is 525. The van der Waals surface area contributed by atoms with Crippen LogP contribution in [-0.2, 0) is 12.8 Å². The van der Waals surface area contributed by atoms with Gasteiger partial charge in [0.1, 0.15) is 0 Å². The molecule has 1 aliphatic carbocycles. The molecule has 2 heteroatoms. The number of hydrogen-bond donors (Lipinski definition) is 0. The minimum Gasteiger partial charge on any atom is -0.320 e. The van der Waals surface area contributed by atoms with Crippen molar-refractivity contribution in [2.45, 2.75) is 25.7 Å². The van der Waals surface area contributed by atoms with Crippen LogP contribution in [0.4, 0.5) is 0 Å². The van der Waals surface area contributed by atoms with Crippen LogP contribution >= 0.6 is 0 Å². The lowest BCUT2D eigenvalue weighted by Gasteiger charge is -2.11. The molecule has 2 aromatic heterocycles. The van der Waals surface area contributed by atoms with E-state index in [1.165, 1.54) is 24.1 Å². The van der Waals surface area contributed by atoms with Gasteiger partial charge in [0, 0.05) is 17.5 Å². The van der Waals surface area contributed by atoms with Crippen LogP contribution in [0.1, 0.15) is 34.5 Å². The van der Waals surface area contributed by atoms with Gasteiger partial charge in [0.25, 0.3) is 0 Å². The van der Waals surface area contributed by atoms with E-state index in [0.717, 1.165) is 30.2 Å². The van der Waals surface area contributed by atoms with E-state index in [2.05, 4.69) is 16.7 Å². The topological polar surface area (TPSA) is 21.5 Å². The van der Waals surface area contributed by atoms with Gasteiger partial charge in [-0.2, -0.15) is 0 Å². The SMILES string of the molecule is O=Cc1cccn2c3c(cc12)CCCC3. The van der Waals surface area contributed by atoms with Crippen LogP contribution in [0, 0.1) is 0 Å². The van der Waals surface area contributed by atoms with Gasteiger partial charge in [-0.15, -0.1) is 0 Å². The first-order valence-electron chi connectivity index (χ1n) is 5.47. The lowest BCUT2D eigenvalue weighted by Crippen LogP contribution is -2.03. The molecule has 0 N–H and O–H groups in total. The van der Waals surface area contributed by atoms with Gasteiger partial charge in [-0.05, 0) is 49.4 Å². The third kappa shape index (κ3) is 1.21. The zero-order chi connectivity index (χ0) is 10.3. The second-order valence-corrected chi connectivity index (χ2v) is 4.16. The smallest absolute Gasteiger partial charge is 0.152 e. The lowest BCUT2D eigenvalue weighted by molar-refractivity contribution is 0.112. The number of fused-ring (bicyclic) bond motifs is 3. The third-order valence-electron chi connectivity index (χ3n) is 3.28. The number of carbonyl (C=O) groups excluding carboxylic acids is 1. The van der Waals surface area contributed by atoms with E-state index >= 15 is 0 Å². The first kappa shape index (κ1) is 8.72. The predicted molar refractivity (Wildman–Crippen MR) is 59.4 cm³/mol. The molecule has 1 aliphatic rings. The molecule has 0 atom stereocenters. The van der Waals surface area contributed by atoms with Crippen LogP contribution in [0.3, 0.4) is 0 Å². The van der Waals surface area contributed by atoms with E-state index in [0.29, 0.717) is 0 Å². The van der Waals surface area contributed by atoms with Crippen molar-refractivity contribution in [1.29, 1.82) is 0 Å². The van der Waals surface area contributed by atoms with Crippen LogP contribution < -0.4 is 0 Å². The molecule has 0 saturated carbocycles. The van der Waals surface area contributed by atoms with Crippen molar-refractivity contribution >= 4 is 11.8 Å². The first-order chi connectivity index (χ1) is 7.40. The number of aryl methyl sites for hydroxylation is 2. The molecular formula is C13H13NO. The van der Waals surface area contributed by atoms with Gasteiger partial charge in [-0.3, -0.25) is 4.79 Å². The molecule has 2 nitrogen and oxygen atoms in total. The molecule has 0 fully saturated rings. The van der Waals surface area contributed by atoms with Crippen molar-refractivity contribution in [3.05, 3.63) is 41.2 Å². The minimum atomic E-state index is 0.798. The molecule has 0 aliphatic heterocycles. The molecule has 0 unspecified atom stereocenters. The zero-order valence-electron chi connectivity index (χ0n) is 8.57. The van der Waals surface area contributed by atoms with Crippen LogP contribution in [0.2, 0.25) is 0 Å². The summed E-state index contributed by atoms with van der Waals surface area (Å²) in [7, 11) is 0. The van der Waals surface area contributed by atoms with Crippen molar-refractivity contribution in [3.63, 3.8) is 0 Å². The fourth-order valence-corrected chi connectivity index (χ4v) is 2.53. The molecular weight excluding hydrogens is 186 g/mol. The Hall–Kier alpha value is -1.57. The third-order valence-corrected chi connectivity index (χ3v) is 3.28. The highest BCUT2D eigenvalue weighted by atomic mass is 16.1. The summed E-state index contributed by atoms with van der Waals surface area (Å²) in [6.45, 7) is 0. The molecule has 2 aromatic rings. The first-order valence-corrected chi connectivity index (χ1v) is 5.47. The second-order valence-electron chi connectivity index (χ2n) is 4.16. The summed E-state index contributed by atoms with van der Waals surface area (Å²) in [5, 5.41) is 0. The molecule has 15 heavy (non-hydrogen) atoms. The summed E-state index contributed by atoms with van der Waals surface area (Å²) in [5.74, 6) is 0. The quantitative estimate of drug-likeness (QED) is 0.647. The van der Waals surface area contributed by atoms with Crippen molar-refractivity contribution in [3.8, 4) is 0 Å². The fraction of sp³-hybridized carbons (Fsp3) is 0.308. The van der Waals surface area contributed by atoms with Gasteiger partial charge in [0.15, 0.2) is 6.29 Å². The maximum Gasteiger partial charge on any atom is 0.152 e. The average Bonchev–Trinajstić information content (AvgIpc) is 2.67. The van der Waals surface area contributed by atoms with Crippen molar-refractivity contribution in [2.75, 3.05) is 0 Å². The summed E-state index contributed by atoms with van der Waals surface area (Å²) in [6, 6.07) is 6.01. The Morgan fingerprint density at radius 2 is 2.13 bits per heavy atom. The van der Waals surface area contributed by atoms with Gasteiger partial charge in [-0.25, -0.2) is 0 Å². The fourth-order valence-electron chi connectivity index (χ4n) is 2.53. The number of rotatable bonds is 1. The van der Waals surface area contributed by atoms with E-state index in [1.54, 1.807) is 0 Å². The number of aldehydes is 1. The second kappa shape index (κ2) is 3.23. The normalized spacial score (nSPS) is 15.2. The van der Waals surface area contributed by atoms with Gasteiger partial charge in [-0.1, -0.05) is 0 Å². The maximum absolute atomic E-state index is 10.9. The summed E-state index contributed by atoms with van der Waals surface area (Å²) in [6.07, 6.45) is 7.86. The van der Waals surface area contributed by atoms with Crippen molar-refractivity contribution in [2.24, 2.45) is 0 Å². The molecule has 0 radical (unpaired) electrons.